The van der Waals surface area contributed by atoms with Crippen LogP contribution in [0.5, 0.6) is 0 Å². The number of aromatic nitrogens is 2. The molecule has 0 aliphatic carbocycles. The first kappa shape index (κ1) is 20.2. The summed E-state index contributed by atoms with van der Waals surface area (Å²) in [5.41, 5.74) is 2.76. The Morgan fingerprint density at radius 1 is 1.18 bits per heavy atom. The third-order valence-corrected chi connectivity index (χ3v) is 5.51. The number of nitrogens with zero attached hydrogens (tertiary/aromatic N) is 1. The molecule has 3 aromatic rings. The first-order valence-corrected chi connectivity index (χ1v) is 10.4. The standard InChI is InChI=1S/C21H20ClN3O2S/c1-2-8-28-13-14-4-3-5-15(9-14)21(27)25-19-7-6-17(22)10-18(19)20(26)16-11-23-24-12-16/h3-7,9-12H,2,8,13H2,1H3,(H,23,24)(H,25,27). The smallest absolute Gasteiger partial charge is 0.255 e. The number of amides is 1. The number of rotatable bonds is 8. The summed E-state index contributed by atoms with van der Waals surface area (Å²) in [7, 11) is 0. The first-order chi connectivity index (χ1) is 13.6. The lowest BCUT2D eigenvalue weighted by Gasteiger charge is -2.11. The van der Waals surface area contributed by atoms with Crippen LogP contribution in [0.1, 0.15) is 45.2 Å². The molecule has 0 spiro atoms. The summed E-state index contributed by atoms with van der Waals surface area (Å²) in [4.78, 5) is 25.5. The van der Waals surface area contributed by atoms with Gasteiger partial charge in [0.2, 0.25) is 0 Å². The Labute approximate surface area is 172 Å². The fourth-order valence-corrected chi connectivity index (χ4v) is 3.70. The molecular formula is C21H20ClN3O2S. The van der Waals surface area contributed by atoms with Crippen LogP contribution in [0.25, 0.3) is 0 Å². The average molecular weight is 414 g/mol. The number of halogens is 1. The van der Waals surface area contributed by atoms with E-state index in [4.69, 9.17) is 11.6 Å². The molecule has 0 fully saturated rings. The minimum atomic E-state index is -0.272. The molecule has 5 nitrogen and oxygen atoms in total. The maximum absolute atomic E-state index is 12.8. The zero-order valence-electron chi connectivity index (χ0n) is 15.4. The number of carbonyl (C=O) groups excluding carboxylic acids is 2. The fourth-order valence-electron chi connectivity index (χ4n) is 2.68. The highest BCUT2D eigenvalue weighted by Gasteiger charge is 2.17. The van der Waals surface area contributed by atoms with Crippen molar-refractivity contribution < 1.29 is 9.59 Å². The van der Waals surface area contributed by atoms with Gasteiger partial charge in [-0.15, -0.1) is 0 Å². The molecule has 0 saturated heterocycles. The summed E-state index contributed by atoms with van der Waals surface area (Å²) in [6.07, 6.45) is 4.06. The molecule has 0 bridgehead atoms. The molecule has 2 aromatic carbocycles. The van der Waals surface area contributed by atoms with Gasteiger partial charge in [-0.3, -0.25) is 14.7 Å². The summed E-state index contributed by atoms with van der Waals surface area (Å²) in [5.74, 6) is 1.41. The predicted molar refractivity (Wildman–Crippen MR) is 114 cm³/mol. The van der Waals surface area contributed by atoms with Gasteiger partial charge in [-0.2, -0.15) is 16.9 Å². The van der Waals surface area contributed by atoms with Crippen molar-refractivity contribution in [2.75, 3.05) is 11.1 Å². The van der Waals surface area contributed by atoms with Crippen molar-refractivity contribution in [3.05, 3.63) is 82.1 Å². The van der Waals surface area contributed by atoms with E-state index in [9.17, 15) is 9.59 Å². The molecule has 3 rings (SSSR count). The van der Waals surface area contributed by atoms with Crippen LogP contribution in [0.4, 0.5) is 5.69 Å². The summed E-state index contributed by atoms with van der Waals surface area (Å²) in [6.45, 7) is 2.14. The van der Waals surface area contributed by atoms with Gasteiger partial charge in [0.15, 0.2) is 5.78 Å². The molecule has 0 aliphatic rings. The van der Waals surface area contributed by atoms with Crippen LogP contribution in [0.15, 0.2) is 54.9 Å². The van der Waals surface area contributed by atoms with E-state index >= 15 is 0 Å². The molecule has 0 radical (unpaired) electrons. The molecule has 1 amide bonds. The van der Waals surface area contributed by atoms with E-state index in [1.165, 1.54) is 12.4 Å². The number of thioether (sulfide) groups is 1. The number of hydrogen-bond acceptors (Lipinski definition) is 4. The second-order valence-corrected chi connectivity index (χ2v) is 7.75. The van der Waals surface area contributed by atoms with E-state index in [1.807, 2.05) is 30.0 Å². The van der Waals surface area contributed by atoms with Crippen LogP contribution in [0, 0.1) is 0 Å². The van der Waals surface area contributed by atoms with E-state index < -0.39 is 0 Å². The Morgan fingerprint density at radius 2 is 2.04 bits per heavy atom. The molecule has 1 heterocycles. The molecule has 0 atom stereocenters. The second kappa shape index (κ2) is 9.57. The van der Waals surface area contributed by atoms with E-state index in [1.54, 1.807) is 24.3 Å². The second-order valence-electron chi connectivity index (χ2n) is 6.21. The van der Waals surface area contributed by atoms with Gasteiger partial charge in [0.25, 0.3) is 5.91 Å². The lowest BCUT2D eigenvalue weighted by Crippen LogP contribution is -2.15. The van der Waals surface area contributed by atoms with Gasteiger partial charge in [-0.25, -0.2) is 0 Å². The van der Waals surface area contributed by atoms with Gasteiger partial charge in [0.1, 0.15) is 0 Å². The molecule has 7 heteroatoms. The number of carbonyl (C=O) groups is 2. The van der Waals surface area contributed by atoms with Crippen LogP contribution in [-0.4, -0.2) is 27.6 Å². The van der Waals surface area contributed by atoms with Crippen LogP contribution < -0.4 is 5.32 Å². The van der Waals surface area contributed by atoms with Gasteiger partial charge >= 0.3 is 0 Å². The summed E-state index contributed by atoms with van der Waals surface area (Å²) >= 11 is 7.90. The third kappa shape index (κ3) is 5.03. The van der Waals surface area contributed by atoms with Gasteiger partial charge in [-0.1, -0.05) is 30.7 Å². The van der Waals surface area contributed by atoms with E-state index in [0.717, 1.165) is 23.5 Å². The normalized spacial score (nSPS) is 10.6. The maximum atomic E-state index is 12.8. The Hall–Kier alpha value is -2.57. The lowest BCUT2D eigenvalue weighted by atomic mass is 10.0. The van der Waals surface area contributed by atoms with Crippen molar-refractivity contribution in [3.63, 3.8) is 0 Å². The fraction of sp³-hybridized carbons (Fsp3) is 0.190. The van der Waals surface area contributed by atoms with E-state index in [-0.39, 0.29) is 11.7 Å². The molecule has 0 saturated carbocycles. The van der Waals surface area contributed by atoms with E-state index in [2.05, 4.69) is 22.4 Å². The summed E-state index contributed by atoms with van der Waals surface area (Å²) in [5, 5.41) is 9.67. The Kier molecular flexibility index (Phi) is 6.90. The van der Waals surface area contributed by atoms with Crippen LogP contribution in [0.3, 0.4) is 0 Å². The third-order valence-electron chi connectivity index (χ3n) is 4.04. The number of anilines is 1. The minimum absolute atomic E-state index is 0.267. The quantitative estimate of drug-likeness (QED) is 0.393. The van der Waals surface area contributed by atoms with Crippen molar-refractivity contribution in [2.45, 2.75) is 19.1 Å². The number of H-pyrrole nitrogens is 1. The highest BCUT2D eigenvalue weighted by molar-refractivity contribution is 7.98. The zero-order chi connectivity index (χ0) is 19.9. The SMILES string of the molecule is CCCSCc1cccc(C(=O)Nc2ccc(Cl)cc2C(=O)c2cn[nH]c2)c1. The van der Waals surface area contributed by atoms with Crippen molar-refractivity contribution in [2.24, 2.45) is 0 Å². The molecule has 0 unspecified atom stereocenters. The first-order valence-electron chi connectivity index (χ1n) is 8.89. The van der Waals surface area contributed by atoms with Crippen LogP contribution >= 0.6 is 23.4 Å². The molecule has 2 N–H and O–H groups in total. The topological polar surface area (TPSA) is 74.8 Å². The molecule has 1 aromatic heterocycles. The van der Waals surface area contributed by atoms with Crippen LogP contribution in [0.2, 0.25) is 5.02 Å². The van der Waals surface area contributed by atoms with E-state index in [0.29, 0.717) is 27.4 Å². The highest BCUT2D eigenvalue weighted by atomic mass is 35.5. The highest BCUT2D eigenvalue weighted by Crippen LogP contribution is 2.24. The van der Waals surface area contributed by atoms with Gasteiger partial charge < -0.3 is 5.32 Å². The van der Waals surface area contributed by atoms with Crippen molar-refractivity contribution in [3.8, 4) is 0 Å². The number of aromatic amines is 1. The maximum Gasteiger partial charge on any atom is 0.255 e. The Morgan fingerprint density at radius 3 is 2.79 bits per heavy atom. The molecule has 144 valence electrons. The van der Waals surface area contributed by atoms with Crippen molar-refractivity contribution in [1.82, 2.24) is 10.2 Å². The van der Waals surface area contributed by atoms with Crippen molar-refractivity contribution in [1.29, 1.82) is 0 Å². The zero-order valence-corrected chi connectivity index (χ0v) is 16.9. The summed E-state index contributed by atoms with van der Waals surface area (Å²) < 4.78 is 0. The predicted octanol–water partition coefficient (Wildman–Crippen LogP) is 5.19. The van der Waals surface area contributed by atoms with Crippen molar-refractivity contribution >= 4 is 40.7 Å². The lowest BCUT2D eigenvalue weighted by molar-refractivity contribution is 0.102. The average Bonchev–Trinajstić information content (AvgIpc) is 3.24. The Balaban J connectivity index is 1.81. The monoisotopic (exact) mass is 413 g/mol. The largest absolute Gasteiger partial charge is 0.321 e. The van der Waals surface area contributed by atoms with Gasteiger partial charge in [-0.05, 0) is 48.1 Å². The van der Waals surface area contributed by atoms with Gasteiger partial charge in [0.05, 0.1) is 17.4 Å². The number of hydrogen-bond donors (Lipinski definition) is 2. The molecular weight excluding hydrogens is 394 g/mol. The summed E-state index contributed by atoms with van der Waals surface area (Å²) in [6, 6.07) is 12.3. The molecule has 0 aliphatic heterocycles. The number of nitrogens with one attached hydrogen (secondary N) is 2. The Bertz CT molecular complexity index is 974. The number of ketones is 1. The van der Waals surface area contributed by atoms with Gasteiger partial charge in [0, 0.05) is 28.1 Å². The number of benzene rings is 2. The molecule has 28 heavy (non-hydrogen) atoms. The minimum Gasteiger partial charge on any atom is -0.321 e. The van der Waals surface area contributed by atoms with Crippen LogP contribution in [-0.2, 0) is 5.75 Å².